The molecule has 0 aromatic heterocycles. The van der Waals surface area contributed by atoms with Gasteiger partial charge in [0.15, 0.2) is 0 Å². The molecule has 0 unspecified atom stereocenters. The minimum absolute atomic E-state index is 0.0670. The van der Waals surface area contributed by atoms with Crippen LogP contribution in [-0.4, -0.2) is 31.3 Å². The Morgan fingerprint density at radius 1 is 1.17 bits per heavy atom. The van der Waals surface area contributed by atoms with Crippen LogP contribution in [0.3, 0.4) is 0 Å². The molecule has 2 aromatic rings. The summed E-state index contributed by atoms with van der Waals surface area (Å²) >= 11 is 7.41. The first-order valence-electron chi connectivity index (χ1n) is 8.02. The monoisotopic (exact) mass is 362 g/mol. The minimum atomic E-state index is -0.127. The van der Waals surface area contributed by atoms with Crippen LogP contribution in [0.4, 0.5) is 5.69 Å². The zero-order chi connectivity index (χ0) is 17.4. The number of benzene rings is 2. The van der Waals surface area contributed by atoms with Gasteiger partial charge in [-0.1, -0.05) is 29.8 Å². The second-order valence-electron chi connectivity index (χ2n) is 5.62. The van der Waals surface area contributed by atoms with Gasteiger partial charge >= 0.3 is 0 Å². The third-order valence-electron chi connectivity index (χ3n) is 3.66. The van der Waals surface area contributed by atoms with E-state index in [-0.39, 0.29) is 11.2 Å². The third-order valence-corrected chi connectivity index (χ3v) is 5.03. The van der Waals surface area contributed by atoms with Gasteiger partial charge in [-0.15, -0.1) is 11.8 Å². The summed E-state index contributed by atoms with van der Waals surface area (Å²) < 4.78 is 0. The van der Waals surface area contributed by atoms with Gasteiger partial charge in [0.1, 0.15) is 0 Å². The molecule has 1 atom stereocenters. The van der Waals surface area contributed by atoms with E-state index in [0.29, 0.717) is 11.6 Å². The Balaban J connectivity index is 1.68. The van der Waals surface area contributed by atoms with Crippen molar-refractivity contribution >= 4 is 35.0 Å². The van der Waals surface area contributed by atoms with Crippen LogP contribution in [0.5, 0.6) is 0 Å². The van der Waals surface area contributed by atoms with Gasteiger partial charge in [-0.3, -0.25) is 4.79 Å². The molecule has 0 saturated carbocycles. The Hall–Kier alpha value is -1.65. The van der Waals surface area contributed by atoms with Crippen molar-refractivity contribution in [1.82, 2.24) is 5.32 Å². The van der Waals surface area contributed by atoms with Crippen LogP contribution in [-0.2, 0) is 4.79 Å². The molecular formula is C19H23ClN2OS. The predicted molar refractivity (Wildman–Crippen MR) is 104 cm³/mol. The number of amides is 1. The normalized spacial score (nSPS) is 11.8. The maximum Gasteiger partial charge on any atom is 0.233 e. The van der Waals surface area contributed by atoms with Gasteiger partial charge in [0.25, 0.3) is 0 Å². The Labute approximate surface area is 153 Å². The number of anilines is 1. The summed E-state index contributed by atoms with van der Waals surface area (Å²) in [6.07, 6.45) is 0.912. The topological polar surface area (TPSA) is 32.3 Å². The van der Waals surface area contributed by atoms with E-state index in [9.17, 15) is 4.79 Å². The van der Waals surface area contributed by atoms with Crippen LogP contribution in [0.1, 0.15) is 13.3 Å². The molecule has 0 radical (unpaired) electrons. The third kappa shape index (κ3) is 6.10. The molecular weight excluding hydrogens is 340 g/mol. The molecule has 2 rings (SSSR count). The van der Waals surface area contributed by atoms with E-state index in [1.165, 1.54) is 5.69 Å². The van der Waals surface area contributed by atoms with Crippen LogP contribution >= 0.6 is 23.4 Å². The molecule has 24 heavy (non-hydrogen) atoms. The number of rotatable bonds is 8. The first-order valence-corrected chi connectivity index (χ1v) is 9.28. The van der Waals surface area contributed by atoms with Gasteiger partial charge in [-0.2, -0.15) is 0 Å². The molecule has 3 nitrogen and oxygen atoms in total. The first-order chi connectivity index (χ1) is 11.6. The highest BCUT2D eigenvalue weighted by Gasteiger charge is 2.13. The van der Waals surface area contributed by atoms with E-state index in [0.717, 1.165) is 17.9 Å². The highest BCUT2D eigenvalue weighted by Crippen LogP contribution is 2.24. The number of halogens is 1. The van der Waals surface area contributed by atoms with Gasteiger partial charge in [-0.25, -0.2) is 0 Å². The quantitative estimate of drug-likeness (QED) is 0.555. The van der Waals surface area contributed by atoms with Crippen molar-refractivity contribution in [2.75, 3.05) is 25.0 Å². The number of hydrogen-bond acceptors (Lipinski definition) is 3. The molecule has 0 spiro atoms. The van der Waals surface area contributed by atoms with Crippen LogP contribution in [0.25, 0.3) is 0 Å². The average molecular weight is 363 g/mol. The standard InChI is InChI=1S/C19H23ClN2OS/c1-15(24-18-11-9-16(20)10-12-18)19(23)21-13-6-14-22(2)17-7-4-3-5-8-17/h3-5,7-12,15H,6,13-14H2,1-2H3,(H,21,23)/t15-/m0/s1. The molecule has 0 aliphatic heterocycles. The fourth-order valence-electron chi connectivity index (χ4n) is 2.25. The fraction of sp³-hybridized carbons (Fsp3) is 0.316. The Morgan fingerprint density at radius 2 is 1.83 bits per heavy atom. The maximum absolute atomic E-state index is 12.2. The number of hydrogen-bond donors (Lipinski definition) is 1. The fourth-order valence-corrected chi connectivity index (χ4v) is 3.27. The summed E-state index contributed by atoms with van der Waals surface area (Å²) in [6.45, 7) is 3.51. The van der Waals surface area contributed by atoms with Gasteiger partial charge in [0, 0.05) is 35.7 Å². The average Bonchev–Trinajstić information content (AvgIpc) is 2.61. The molecule has 0 heterocycles. The van der Waals surface area contributed by atoms with E-state index in [2.05, 4.69) is 29.4 Å². The first kappa shape index (κ1) is 18.7. The molecule has 1 amide bonds. The SMILES string of the molecule is C[C@H](Sc1ccc(Cl)cc1)C(=O)NCCCN(C)c1ccccc1. The van der Waals surface area contributed by atoms with Crippen LogP contribution in [0.15, 0.2) is 59.5 Å². The van der Waals surface area contributed by atoms with Crippen LogP contribution in [0, 0.1) is 0 Å². The van der Waals surface area contributed by atoms with Gasteiger partial charge in [0.2, 0.25) is 5.91 Å². The molecule has 1 N–H and O–H groups in total. The lowest BCUT2D eigenvalue weighted by atomic mass is 10.3. The second-order valence-corrected chi connectivity index (χ2v) is 7.47. The van der Waals surface area contributed by atoms with E-state index >= 15 is 0 Å². The van der Waals surface area contributed by atoms with E-state index in [1.807, 2.05) is 49.4 Å². The predicted octanol–water partition coefficient (Wildman–Crippen LogP) is 4.46. The summed E-state index contributed by atoms with van der Waals surface area (Å²) in [5, 5.41) is 3.59. The van der Waals surface area contributed by atoms with Gasteiger partial charge < -0.3 is 10.2 Å². The van der Waals surface area contributed by atoms with Crippen molar-refractivity contribution in [2.45, 2.75) is 23.5 Å². The van der Waals surface area contributed by atoms with Crippen molar-refractivity contribution in [3.05, 3.63) is 59.6 Å². The summed E-state index contributed by atoms with van der Waals surface area (Å²) in [5.74, 6) is 0.0670. The summed E-state index contributed by atoms with van der Waals surface area (Å²) in [7, 11) is 2.07. The van der Waals surface area contributed by atoms with Gasteiger partial charge in [-0.05, 0) is 49.7 Å². The van der Waals surface area contributed by atoms with Crippen LogP contribution < -0.4 is 10.2 Å². The van der Waals surface area contributed by atoms with Crippen LogP contribution in [0.2, 0.25) is 5.02 Å². The number of thioether (sulfide) groups is 1. The lowest BCUT2D eigenvalue weighted by Crippen LogP contribution is -2.33. The van der Waals surface area contributed by atoms with E-state index in [4.69, 9.17) is 11.6 Å². The summed E-state index contributed by atoms with van der Waals surface area (Å²) in [5.41, 5.74) is 1.19. The lowest BCUT2D eigenvalue weighted by Gasteiger charge is -2.19. The van der Waals surface area contributed by atoms with E-state index < -0.39 is 0 Å². The largest absolute Gasteiger partial charge is 0.375 e. The molecule has 0 fully saturated rings. The number of carbonyl (C=O) groups excluding carboxylic acids is 1. The molecule has 2 aromatic carbocycles. The Kier molecular flexibility index (Phi) is 7.47. The molecule has 5 heteroatoms. The minimum Gasteiger partial charge on any atom is -0.375 e. The second kappa shape index (κ2) is 9.60. The van der Waals surface area contributed by atoms with Crippen molar-refractivity contribution in [3.63, 3.8) is 0 Å². The van der Waals surface area contributed by atoms with Crippen molar-refractivity contribution < 1.29 is 4.79 Å². The van der Waals surface area contributed by atoms with Crippen molar-refractivity contribution in [2.24, 2.45) is 0 Å². The summed E-state index contributed by atoms with van der Waals surface area (Å²) in [6, 6.07) is 17.8. The Bertz CT molecular complexity index is 634. The molecule has 0 bridgehead atoms. The number of para-hydroxylation sites is 1. The smallest absolute Gasteiger partial charge is 0.233 e. The number of nitrogens with one attached hydrogen (secondary N) is 1. The van der Waals surface area contributed by atoms with E-state index in [1.54, 1.807) is 11.8 Å². The molecule has 128 valence electrons. The Morgan fingerprint density at radius 3 is 2.50 bits per heavy atom. The molecule has 0 aliphatic rings. The zero-order valence-electron chi connectivity index (χ0n) is 14.0. The zero-order valence-corrected chi connectivity index (χ0v) is 15.6. The lowest BCUT2D eigenvalue weighted by molar-refractivity contribution is -0.120. The number of nitrogens with zero attached hydrogens (tertiary/aromatic N) is 1. The van der Waals surface area contributed by atoms with Crippen molar-refractivity contribution in [1.29, 1.82) is 0 Å². The molecule has 0 aliphatic carbocycles. The van der Waals surface area contributed by atoms with Gasteiger partial charge in [0.05, 0.1) is 5.25 Å². The van der Waals surface area contributed by atoms with Crippen molar-refractivity contribution in [3.8, 4) is 0 Å². The highest BCUT2D eigenvalue weighted by atomic mass is 35.5. The summed E-state index contributed by atoms with van der Waals surface area (Å²) in [4.78, 5) is 15.4. The number of carbonyl (C=O) groups is 1. The molecule has 0 saturated heterocycles. The maximum atomic E-state index is 12.2. The highest BCUT2D eigenvalue weighted by molar-refractivity contribution is 8.00.